The van der Waals surface area contributed by atoms with Gasteiger partial charge in [0, 0.05) is 11.4 Å². The first-order chi connectivity index (χ1) is 18.9. The number of halogens is 6. The zero-order valence-corrected chi connectivity index (χ0v) is 21.4. The number of nitrogens with one attached hydrogen (secondary N) is 1. The third kappa shape index (κ3) is 7.25. The molecule has 0 radical (unpaired) electrons. The van der Waals surface area contributed by atoms with Crippen LogP contribution in [0.4, 0.5) is 32.0 Å². The van der Waals surface area contributed by atoms with Gasteiger partial charge in [0.25, 0.3) is 0 Å². The number of amides is 1. The van der Waals surface area contributed by atoms with E-state index in [9.17, 15) is 31.1 Å². The Morgan fingerprint density at radius 1 is 0.875 bits per heavy atom. The van der Waals surface area contributed by atoms with Gasteiger partial charge in [-0.25, -0.2) is 0 Å². The predicted octanol–water partition coefficient (Wildman–Crippen LogP) is 6.62. The third-order valence-electron chi connectivity index (χ3n) is 5.35. The summed E-state index contributed by atoms with van der Waals surface area (Å²) in [5, 5.41) is 10.6. The SMILES string of the molecule is COc1ccc(-n2c(COc3ccccc3)nnc2SCC(=O)Nc2cc(C(F)(F)F)cc(C(F)(F)F)c2)cc1. The number of para-hydroxylation sites is 1. The molecule has 1 aromatic heterocycles. The smallest absolute Gasteiger partial charge is 0.416 e. The van der Waals surface area contributed by atoms with Crippen LogP contribution in [0.1, 0.15) is 17.0 Å². The van der Waals surface area contributed by atoms with Crippen molar-refractivity contribution >= 4 is 23.4 Å². The van der Waals surface area contributed by atoms with Crippen LogP contribution in [0.25, 0.3) is 5.69 Å². The fraction of sp³-hybridized carbons (Fsp3) is 0.192. The summed E-state index contributed by atoms with van der Waals surface area (Å²) in [6.07, 6.45) is -10.1. The van der Waals surface area contributed by atoms with E-state index in [1.807, 2.05) is 6.07 Å². The summed E-state index contributed by atoms with van der Waals surface area (Å²) >= 11 is 0.887. The highest BCUT2D eigenvalue weighted by Gasteiger charge is 2.37. The van der Waals surface area contributed by atoms with E-state index < -0.39 is 35.1 Å². The van der Waals surface area contributed by atoms with Crippen LogP contribution >= 0.6 is 11.8 Å². The van der Waals surface area contributed by atoms with Gasteiger partial charge in [-0.1, -0.05) is 30.0 Å². The third-order valence-corrected chi connectivity index (χ3v) is 6.27. The van der Waals surface area contributed by atoms with E-state index in [2.05, 4.69) is 15.5 Å². The maximum absolute atomic E-state index is 13.1. The number of alkyl halides is 6. The van der Waals surface area contributed by atoms with Crippen LogP contribution in [0, 0.1) is 0 Å². The lowest BCUT2D eigenvalue weighted by molar-refractivity contribution is -0.143. The molecular weight excluding hydrogens is 562 g/mol. The Hall–Kier alpha value is -4.20. The first-order valence-electron chi connectivity index (χ1n) is 11.4. The van der Waals surface area contributed by atoms with Gasteiger partial charge < -0.3 is 14.8 Å². The van der Waals surface area contributed by atoms with Crippen molar-refractivity contribution in [1.29, 1.82) is 0 Å². The Labute approximate surface area is 228 Å². The summed E-state index contributed by atoms with van der Waals surface area (Å²) in [7, 11) is 1.51. The molecule has 4 aromatic rings. The van der Waals surface area contributed by atoms with Crippen molar-refractivity contribution in [2.24, 2.45) is 0 Å². The highest BCUT2D eigenvalue weighted by molar-refractivity contribution is 7.99. The second kappa shape index (κ2) is 11.9. The van der Waals surface area contributed by atoms with Crippen molar-refractivity contribution in [3.8, 4) is 17.2 Å². The number of nitrogens with zero attached hydrogens (tertiary/aromatic N) is 3. The van der Waals surface area contributed by atoms with E-state index in [4.69, 9.17) is 9.47 Å². The van der Waals surface area contributed by atoms with Crippen LogP contribution in [0.5, 0.6) is 11.5 Å². The Balaban J connectivity index is 1.54. The summed E-state index contributed by atoms with van der Waals surface area (Å²) < 4.78 is 91.5. The molecule has 0 aliphatic rings. The van der Waals surface area contributed by atoms with Crippen molar-refractivity contribution in [1.82, 2.24) is 14.8 Å². The lowest BCUT2D eigenvalue weighted by atomic mass is 10.1. The molecule has 14 heteroatoms. The second-order valence-electron chi connectivity index (χ2n) is 8.17. The molecule has 0 bridgehead atoms. The van der Waals surface area contributed by atoms with Gasteiger partial charge in [0.1, 0.15) is 18.1 Å². The molecule has 0 spiro atoms. The first-order valence-corrected chi connectivity index (χ1v) is 12.4. The van der Waals surface area contributed by atoms with Crippen LogP contribution in [0.3, 0.4) is 0 Å². The fourth-order valence-electron chi connectivity index (χ4n) is 3.50. The molecule has 0 saturated heterocycles. The number of hydrogen-bond donors (Lipinski definition) is 1. The van der Waals surface area contributed by atoms with E-state index in [0.29, 0.717) is 35.1 Å². The molecule has 210 valence electrons. The van der Waals surface area contributed by atoms with Crippen LogP contribution in [0.15, 0.2) is 78.0 Å². The maximum Gasteiger partial charge on any atom is 0.416 e. The summed E-state index contributed by atoms with van der Waals surface area (Å²) in [6.45, 7) is 0.0141. The number of anilines is 1. The number of rotatable bonds is 9. The van der Waals surface area contributed by atoms with Crippen LogP contribution in [-0.2, 0) is 23.8 Å². The minimum atomic E-state index is -5.04. The Kier molecular flexibility index (Phi) is 8.57. The normalized spacial score (nSPS) is 11.8. The van der Waals surface area contributed by atoms with Crippen LogP contribution in [-0.4, -0.2) is 33.5 Å². The number of aromatic nitrogens is 3. The average molecular weight is 583 g/mol. The lowest BCUT2D eigenvalue weighted by Crippen LogP contribution is -2.17. The lowest BCUT2D eigenvalue weighted by Gasteiger charge is -2.15. The molecule has 1 amide bonds. The van der Waals surface area contributed by atoms with Gasteiger partial charge in [0.05, 0.1) is 24.0 Å². The van der Waals surface area contributed by atoms with E-state index in [1.165, 1.54) is 7.11 Å². The van der Waals surface area contributed by atoms with Gasteiger partial charge in [-0.2, -0.15) is 26.3 Å². The molecule has 40 heavy (non-hydrogen) atoms. The number of ether oxygens (including phenoxy) is 2. The molecule has 3 aromatic carbocycles. The van der Waals surface area contributed by atoms with Gasteiger partial charge in [0.2, 0.25) is 5.91 Å². The molecule has 0 unspecified atom stereocenters. The molecule has 7 nitrogen and oxygen atoms in total. The number of benzene rings is 3. The van der Waals surface area contributed by atoms with Gasteiger partial charge in [0.15, 0.2) is 11.0 Å². The van der Waals surface area contributed by atoms with Crippen molar-refractivity contribution in [2.45, 2.75) is 24.1 Å². The largest absolute Gasteiger partial charge is 0.497 e. The number of hydrogen-bond acceptors (Lipinski definition) is 6. The highest BCUT2D eigenvalue weighted by atomic mass is 32.2. The monoisotopic (exact) mass is 582 g/mol. The highest BCUT2D eigenvalue weighted by Crippen LogP contribution is 2.37. The summed E-state index contributed by atoms with van der Waals surface area (Å²) in [5.41, 5.74) is -3.10. The minimum Gasteiger partial charge on any atom is -0.497 e. The van der Waals surface area contributed by atoms with Gasteiger partial charge in [-0.15, -0.1) is 10.2 Å². The van der Waals surface area contributed by atoms with Gasteiger partial charge >= 0.3 is 12.4 Å². The van der Waals surface area contributed by atoms with E-state index in [0.717, 1.165) is 11.8 Å². The molecule has 1 heterocycles. The van der Waals surface area contributed by atoms with Crippen molar-refractivity contribution in [3.05, 3.63) is 89.7 Å². The Morgan fingerprint density at radius 2 is 1.50 bits per heavy atom. The molecule has 0 fully saturated rings. The van der Waals surface area contributed by atoms with E-state index >= 15 is 0 Å². The molecule has 0 atom stereocenters. The standard InChI is InChI=1S/C26H20F6N4O3S/c1-38-20-9-7-19(8-10-20)36-22(14-39-21-5-3-2-4-6-21)34-35-24(36)40-15-23(37)33-18-12-16(25(27,28)29)11-17(13-18)26(30,31)32/h2-13H,14-15H2,1H3,(H,33,37). The summed E-state index contributed by atoms with van der Waals surface area (Å²) in [4.78, 5) is 12.6. The van der Waals surface area contributed by atoms with Crippen molar-refractivity contribution in [2.75, 3.05) is 18.2 Å². The summed E-state index contributed by atoms with van der Waals surface area (Å²) in [6, 6.07) is 16.6. The van der Waals surface area contributed by atoms with Crippen molar-refractivity contribution in [3.63, 3.8) is 0 Å². The minimum absolute atomic E-state index is 0.0131. The Morgan fingerprint density at radius 3 is 2.08 bits per heavy atom. The molecule has 0 saturated carbocycles. The number of carbonyl (C=O) groups excluding carboxylic acids is 1. The molecule has 1 N–H and O–H groups in total. The zero-order chi connectivity index (χ0) is 28.9. The molecular formula is C26H20F6N4O3S. The molecule has 4 rings (SSSR count). The number of carbonyl (C=O) groups is 1. The van der Waals surface area contributed by atoms with Crippen LogP contribution in [0.2, 0.25) is 0 Å². The van der Waals surface area contributed by atoms with E-state index in [1.54, 1.807) is 53.1 Å². The van der Waals surface area contributed by atoms with Crippen molar-refractivity contribution < 1.29 is 40.6 Å². The van der Waals surface area contributed by atoms with Gasteiger partial charge in [-0.3, -0.25) is 9.36 Å². The number of thioether (sulfide) groups is 1. The summed E-state index contributed by atoms with van der Waals surface area (Å²) in [5.74, 6) is 0.325. The fourth-order valence-corrected chi connectivity index (χ4v) is 4.27. The second-order valence-corrected chi connectivity index (χ2v) is 9.11. The number of methoxy groups -OCH3 is 1. The van der Waals surface area contributed by atoms with E-state index in [-0.39, 0.29) is 23.6 Å². The average Bonchev–Trinajstić information content (AvgIpc) is 3.33. The maximum atomic E-state index is 13.1. The van der Waals surface area contributed by atoms with Crippen LogP contribution < -0.4 is 14.8 Å². The molecule has 0 aliphatic heterocycles. The van der Waals surface area contributed by atoms with Gasteiger partial charge in [-0.05, 0) is 54.6 Å². The Bertz CT molecular complexity index is 1430. The zero-order valence-electron chi connectivity index (χ0n) is 20.6. The topological polar surface area (TPSA) is 78.3 Å². The quantitative estimate of drug-likeness (QED) is 0.177. The molecule has 0 aliphatic carbocycles. The first kappa shape index (κ1) is 28.8. The predicted molar refractivity (Wildman–Crippen MR) is 134 cm³/mol.